The summed E-state index contributed by atoms with van der Waals surface area (Å²) in [6.45, 7) is 6.37. The molecule has 4 rings (SSSR count). The van der Waals surface area contributed by atoms with Crippen LogP contribution in [0.25, 0.3) is 10.2 Å². The zero-order chi connectivity index (χ0) is 22.8. The van der Waals surface area contributed by atoms with E-state index in [9.17, 15) is 14.4 Å². The Balaban J connectivity index is 1.65. The van der Waals surface area contributed by atoms with Crippen LogP contribution in [0.15, 0.2) is 63.5 Å². The van der Waals surface area contributed by atoms with Gasteiger partial charge in [-0.3, -0.25) is 14.2 Å². The summed E-state index contributed by atoms with van der Waals surface area (Å²) >= 11 is 1.28. The number of fused-ring (bicyclic) bond motifs is 1. The summed E-state index contributed by atoms with van der Waals surface area (Å²) in [5, 5.41) is 4.60. The molecule has 0 bridgehead atoms. The lowest BCUT2D eigenvalue weighted by molar-refractivity contribution is -0.121. The van der Waals surface area contributed by atoms with Crippen molar-refractivity contribution in [2.75, 3.05) is 0 Å². The number of nitrogens with zero attached hydrogens (tertiary/aromatic N) is 2. The van der Waals surface area contributed by atoms with Crippen molar-refractivity contribution in [2.24, 2.45) is 0 Å². The van der Waals surface area contributed by atoms with E-state index in [-0.39, 0.29) is 12.5 Å². The Hall–Kier alpha value is -3.45. The van der Waals surface area contributed by atoms with Gasteiger partial charge in [-0.15, -0.1) is 11.3 Å². The van der Waals surface area contributed by atoms with Crippen LogP contribution in [-0.4, -0.2) is 15.0 Å². The highest BCUT2D eigenvalue weighted by atomic mass is 32.1. The van der Waals surface area contributed by atoms with Gasteiger partial charge in [0.25, 0.3) is 5.56 Å². The van der Waals surface area contributed by atoms with Crippen LogP contribution < -0.4 is 16.6 Å². The number of hydrogen-bond acceptors (Lipinski definition) is 4. The fourth-order valence-corrected chi connectivity index (χ4v) is 4.52. The highest BCUT2D eigenvalue weighted by Gasteiger charge is 2.17. The molecule has 0 saturated carbocycles. The van der Waals surface area contributed by atoms with E-state index in [2.05, 4.69) is 5.32 Å². The summed E-state index contributed by atoms with van der Waals surface area (Å²) in [6, 6.07) is 15.7. The Bertz CT molecular complexity index is 1410. The van der Waals surface area contributed by atoms with E-state index in [0.717, 1.165) is 32.4 Å². The molecule has 2 aromatic carbocycles. The van der Waals surface area contributed by atoms with Gasteiger partial charge in [0.2, 0.25) is 5.91 Å². The van der Waals surface area contributed by atoms with Gasteiger partial charge in [-0.2, -0.15) is 0 Å². The minimum absolute atomic E-state index is 0.315. The lowest BCUT2D eigenvalue weighted by atomic mass is 10.1. The Morgan fingerprint density at radius 3 is 2.41 bits per heavy atom. The first kappa shape index (κ1) is 21.8. The molecule has 0 aliphatic rings. The van der Waals surface area contributed by atoms with E-state index >= 15 is 0 Å². The number of hydrogen-bond donors (Lipinski definition) is 1. The summed E-state index contributed by atoms with van der Waals surface area (Å²) in [6.07, 6.45) is 0. The largest absolute Gasteiger partial charge is 0.350 e. The molecule has 0 saturated heterocycles. The molecule has 0 aliphatic heterocycles. The molecular weight excluding hydrogens is 422 g/mol. The lowest BCUT2D eigenvalue weighted by Crippen LogP contribution is -2.43. The van der Waals surface area contributed by atoms with Crippen molar-refractivity contribution < 1.29 is 4.79 Å². The van der Waals surface area contributed by atoms with Crippen molar-refractivity contribution >= 4 is 27.5 Å². The van der Waals surface area contributed by atoms with Crippen LogP contribution in [0, 0.1) is 20.8 Å². The van der Waals surface area contributed by atoms with Gasteiger partial charge in [-0.1, -0.05) is 53.6 Å². The van der Waals surface area contributed by atoms with E-state index < -0.39 is 11.2 Å². The molecule has 0 spiro atoms. The van der Waals surface area contributed by atoms with Gasteiger partial charge in [0.1, 0.15) is 11.2 Å². The summed E-state index contributed by atoms with van der Waals surface area (Å²) in [5.74, 6) is -0.376. The first-order valence-electron chi connectivity index (χ1n) is 10.4. The van der Waals surface area contributed by atoms with E-state index in [1.54, 1.807) is 16.0 Å². The van der Waals surface area contributed by atoms with Crippen LogP contribution >= 0.6 is 11.3 Å². The van der Waals surface area contributed by atoms with Crippen LogP contribution in [0.4, 0.5) is 0 Å². The minimum atomic E-state index is -0.479. The molecule has 4 aromatic rings. The number of amides is 1. The average molecular weight is 448 g/mol. The molecule has 1 amide bonds. The number of nitrogens with one attached hydrogen (secondary N) is 1. The fourth-order valence-electron chi connectivity index (χ4n) is 3.67. The maximum Gasteiger partial charge on any atom is 0.332 e. The fraction of sp³-hybridized carbons (Fsp3) is 0.240. The highest BCUT2D eigenvalue weighted by molar-refractivity contribution is 7.17. The van der Waals surface area contributed by atoms with Gasteiger partial charge >= 0.3 is 5.69 Å². The number of rotatable bonds is 6. The van der Waals surface area contributed by atoms with Crippen molar-refractivity contribution in [1.82, 2.24) is 14.5 Å². The molecule has 164 valence electrons. The molecule has 0 fully saturated rings. The van der Waals surface area contributed by atoms with Crippen molar-refractivity contribution in [1.29, 1.82) is 0 Å². The average Bonchev–Trinajstić information content (AvgIpc) is 3.26. The van der Waals surface area contributed by atoms with Gasteiger partial charge in [-0.05, 0) is 48.9 Å². The number of aromatic nitrogens is 2. The standard InChI is InChI=1S/C25H25N3O3S/c1-16-5-8-19(9-6-16)13-26-22(29)15-28-24(30)23-21(10-11-32-23)27(25(28)31)14-20-12-17(2)4-7-18(20)3/h4-12H,13-15H2,1-3H3,(H,26,29). The number of carbonyl (C=O) groups excluding carboxylic acids is 1. The molecule has 2 heterocycles. The molecular formula is C25H25N3O3S. The van der Waals surface area contributed by atoms with Gasteiger partial charge in [0, 0.05) is 6.54 Å². The molecule has 0 aliphatic carbocycles. The molecule has 7 heteroatoms. The third kappa shape index (κ3) is 4.43. The van der Waals surface area contributed by atoms with E-state index in [0.29, 0.717) is 23.3 Å². The maximum absolute atomic E-state index is 13.3. The Labute approximate surface area is 189 Å². The van der Waals surface area contributed by atoms with Crippen LogP contribution in [0.3, 0.4) is 0 Å². The topological polar surface area (TPSA) is 73.1 Å². The Morgan fingerprint density at radius 2 is 1.66 bits per heavy atom. The third-order valence-corrected chi connectivity index (χ3v) is 6.47. The van der Waals surface area contributed by atoms with E-state index in [4.69, 9.17) is 0 Å². The van der Waals surface area contributed by atoms with Gasteiger partial charge in [0.05, 0.1) is 12.1 Å². The number of benzene rings is 2. The summed E-state index contributed by atoms with van der Waals surface area (Å²) in [4.78, 5) is 38.8. The van der Waals surface area contributed by atoms with Crippen molar-refractivity contribution in [2.45, 2.75) is 40.4 Å². The zero-order valence-corrected chi connectivity index (χ0v) is 19.2. The molecule has 32 heavy (non-hydrogen) atoms. The lowest BCUT2D eigenvalue weighted by Gasteiger charge is -2.14. The van der Waals surface area contributed by atoms with E-state index in [1.165, 1.54) is 11.3 Å². The molecule has 0 radical (unpaired) electrons. The molecule has 0 unspecified atom stereocenters. The maximum atomic E-state index is 13.3. The predicted molar refractivity (Wildman–Crippen MR) is 128 cm³/mol. The first-order chi connectivity index (χ1) is 15.3. The van der Waals surface area contributed by atoms with Gasteiger partial charge < -0.3 is 5.32 Å². The monoisotopic (exact) mass is 447 g/mol. The molecule has 2 aromatic heterocycles. The quantitative estimate of drug-likeness (QED) is 0.492. The second-order valence-corrected chi connectivity index (χ2v) is 9.00. The SMILES string of the molecule is Cc1ccc(CNC(=O)Cn2c(=O)c3sccc3n(Cc3cc(C)ccc3C)c2=O)cc1. The molecule has 6 nitrogen and oxygen atoms in total. The first-order valence-corrected chi connectivity index (χ1v) is 11.3. The van der Waals surface area contributed by atoms with Crippen LogP contribution in [-0.2, 0) is 24.4 Å². The molecule has 1 N–H and O–H groups in total. The van der Waals surface area contributed by atoms with Crippen LogP contribution in [0.5, 0.6) is 0 Å². The van der Waals surface area contributed by atoms with Crippen LogP contribution in [0.2, 0.25) is 0 Å². The smallest absolute Gasteiger partial charge is 0.332 e. The second-order valence-electron chi connectivity index (χ2n) is 8.09. The normalized spacial score (nSPS) is 11.1. The van der Waals surface area contributed by atoms with Crippen molar-refractivity contribution in [3.8, 4) is 0 Å². The highest BCUT2D eigenvalue weighted by Crippen LogP contribution is 2.18. The summed E-state index contributed by atoms with van der Waals surface area (Å²) in [7, 11) is 0. The summed E-state index contributed by atoms with van der Waals surface area (Å²) < 4.78 is 3.10. The Kier molecular flexibility index (Phi) is 6.10. The van der Waals surface area contributed by atoms with Crippen molar-refractivity contribution in [3.63, 3.8) is 0 Å². The number of thiophene rings is 1. The Morgan fingerprint density at radius 1 is 0.938 bits per heavy atom. The minimum Gasteiger partial charge on any atom is -0.350 e. The van der Waals surface area contributed by atoms with Crippen molar-refractivity contribution in [3.05, 3.63) is 103 Å². The number of aryl methyl sites for hydroxylation is 3. The summed E-state index contributed by atoms with van der Waals surface area (Å²) in [5.41, 5.74) is 4.96. The third-order valence-electron chi connectivity index (χ3n) is 5.58. The van der Waals surface area contributed by atoms with E-state index in [1.807, 2.05) is 63.2 Å². The predicted octanol–water partition coefficient (Wildman–Crippen LogP) is 3.51. The van der Waals surface area contributed by atoms with Gasteiger partial charge in [0.15, 0.2) is 0 Å². The zero-order valence-electron chi connectivity index (χ0n) is 18.3. The second kappa shape index (κ2) is 8.96. The van der Waals surface area contributed by atoms with Crippen LogP contribution in [0.1, 0.15) is 27.8 Å². The molecule has 0 atom stereocenters. The van der Waals surface area contributed by atoms with Gasteiger partial charge in [-0.25, -0.2) is 9.36 Å². The number of carbonyl (C=O) groups is 1.